The molecule has 1 aromatic carbocycles. The van der Waals surface area contributed by atoms with E-state index in [0.717, 1.165) is 49.0 Å². The SMILES string of the molecule is CCNc1ccc(C(=O)N(C)C2CCCCC2O)c(C)c1. The Hall–Kier alpha value is -1.55. The Balaban J connectivity index is 2.15. The van der Waals surface area contributed by atoms with Gasteiger partial charge in [-0.1, -0.05) is 12.8 Å². The van der Waals surface area contributed by atoms with E-state index >= 15 is 0 Å². The molecule has 1 aliphatic rings. The number of carbonyl (C=O) groups excluding carboxylic acids is 1. The van der Waals surface area contributed by atoms with Crippen LogP contribution < -0.4 is 5.32 Å². The van der Waals surface area contributed by atoms with Crippen LogP contribution in [-0.4, -0.2) is 41.7 Å². The van der Waals surface area contributed by atoms with Gasteiger partial charge in [0.05, 0.1) is 12.1 Å². The number of amides is 1. The highest BCUT2D eigenvalue weighted by Crippen LogP contribution is 2.25. The highest BCUT2D eigenvalue weighted by molar-refractivity contribution is 5.96. The molecular formula is C17H26N2O2. The number of aliphatic hydroxyl groups excluding tert-OH is 1. The Kier molecular flexibility index (Phi) is 5.23. The molecule has 2 N–H and O–H groups in total. The zero-order chi connectivity index (χ0) is 15.4. The van der Waals surface area contributed by atoms with E-state index in [2.05, 4.69) is 5.32 Å². The van der Waals surface area contributed by atoms with Gasteiger partial charge in [-0.2, -0.15) is 0 Å². The second kappa shape index (κ2) is 6.94. The minimum absolute atomic E-state index is 0.00139. The van der Waals surface area contributed by atoms with Gasteiger partial charge in [0, 0.05) is 24.8 Å². The predicted octanol–water partition coefficient (Wildman–Crippen LogP) is 2.80. The van der Waals surface area contributed by atoms with Gasteiger partial charge in [-0.25, -0.2) is 0 Å². The van der Waals surface area contributed by atoms with Crippen LogP contribution in [0, 0.1) is 6.92 Å². The van der Waals surface area contributed by atoms with Crippen LogP contribution in [-0.2, 0) is 0 Å². The van der Waals surface area contributed by atoms with Gasteiger partial charge >= 0.3 is 0 Å². The Morgan fingerprint density at radius 3 is 2.71 bits per heavy atom. The molecule has 2 rings (SSSR count). The lowest BCUT2D eigenvalue weighted by atomic mass is 9.91. The number of nitrogens with zero attached hydrogens (tertiary/aromatic N) is 1. The lowest BCUT2D eigenvalue weighted by Gasteiger charge is -2.35. The number of aliphatic hydroxyl groups is 1. The molecule has 0 aromatic heterocycles. The smallest absolute Gasteiger partial charge is 0.254 e. The summed E-state index contributed by atoms with van der Waals surface area (Å²) in [6.45, 7) is 4.87. The standard InChI is InChI=1S/C17H26N2O2/c1-4-18-13-9-10-14(12(2)11-13)17(21)19(3)15-7-5-6-8-16(15)20/h9-11,15-16,18,20H,4-8H2,1-3H3. The van der Waals surface area contributed by atoms with Gasteiger partial charge in [-0.3, -0.25) is 4.79 Å². The zero-order valence-corrected chi connectivity index (χ0v) is 13.2. The molecule has 1 aliphatic carbocycles. The molecule has 4 nitrogen and oxygen atoms in total. The van der Waals surface area contributed by atoms with Crippen molar-refractivity contribution in [3.63, 3.8) is 0 Å². The van der Waals surface area contributed by atoms with Gasteiger partial charge in [0.15, 0.2) is 0 Å². The Labute approximate surface area is 127 Å². The minimum Gasteiger partial charge on any atom is -0.391 e. The van der Waals surface area contributed by atoms with Crippen molar-refractivity contribution in [2.24, 2.45) is 0 Å². The molecule has 0 heterocycles. The lowest BCUT2D eigenvalue weighted by molar-refractivity contribution is 0.0267. The topological polar surface area (TPSA) is 52.6 Å². The first-order valence-electron chi connectivity index (χ1n) is 7.84. The molecule has 1 amide bonds. The first kappa shape index (κ1) is 15.8. The second-order valence-corrected chi connectivity index (χ2v) is 5.90. The van der Waals surface area contributed by atoms with Crippen LogP contribution in [0.3, 0.4) is 0 Å². The number of anilines is 1. The van der Waals surface area contributed by atoms with E-state index in [9.17, 15) is 9.90 Å². The van der Waals surface area contributed by atoms with Gasteiger partial charge in [0.25, 0.3) is 5.91 Å². The molecule has 0 aliphatic heterocycles. The van der Waals surface area contributed by atoms with Crippen molar-refractivity contribution in [1.29, 1.82) is 0 Å². The number of likely N-dealkylation sites (N-methyl/N-ethyl adjacent to an activating group) is 1. The molecule has 0 spiro atoms. The van der Waals surface area contributed by atoms with E-state index in [1.165, 1.54) is 0 Å². The van der Waals surface area contributed by atoms with E-state index in [1.807, 2.05) is 32.0 Å². The molecule has 0 saturated heterocycles. The molecule has 4 heteroatoms. The summed E-state index contributed by atoms with van der Waals surface area (Å²) in [5.41, 5.74) is 2.72. The summed E-state index contributed by atoms with van der Waals surface area (Å²) in [4.78, 5) is 14.4. The maximum absolute atomic E-state index is 12.7. The molecule has 2 unspecified atom stereocenters. The summed E-state index contributed by atoms with van der Waals surface area (Å²) >= 11 is 0. The Bertz CT molecular complexity index is 502. The van der Waals surface area contributed by atoms with Crippen molar-refractivity contribution in [2.45, 2.75) is 51.7 Å². The summed E-state index contributed by atoms with van der Waals surface area (Å²) in [6.07, 6.45) is 3.42. The highest BCUT2D eigenvalue weighted by atomic mass is 16.3. The number of hydrogen-bond donors (Lipinski definition) is 2. The summed E-state index contributed by atoms with van der Waals surface area (Å²) in [7, 11) is 1.80. The molecule has 1 aromatic rings. The number of rotatable bonds is 4. The van der Waals surface area contributed by atoms with Crippen LogP contribution >= 0.6 is 0 Å². The molecular weight excluding hydrogens is 264 g/mol. The quantitative estimate of drug-likeness (QED) is 0.896. The summed E-state index contributed by atoms with van der Waals surface area (Å²) in [5, 5.41) is 13.4. The number of hydrogen-bond acceptors (Lipinski definition) is 3. The molecule has 0 bridgehead atoms. The van der Waals surface area contributed by atoms with Gasteiger partial charge in [-0.15, -0.1) is 0 Å². The number of carbonyl (C=O) groups is 1. The molecule has 1 saturated carbocycles. The first-order chi connectivity index (χ1) is 10.0. The third-order valence-electron chi connectivity index (χ3n) is 4.35. The zero-order valence-electron chi connectivity index (χ0n) is 13.2. The van der Waals surface area contributed by atoms with Crippen LogP contribution in [0.1, 0.15) is 48.5 Å². The Morgan fingerprint density at radius 1 is 1.38 bits per heavy atom. The van der Waals surface area contributed by atoms with E-state index in [1.54, 1.807) is 11.9 Å². The van der Waals surface area contributed by atoms with Gasteiger partial charge < -0.3 is 15.3 Å². The van der Waals surface area contributed by atoms with Crippen LogP contribution in [0.2, 0.25) is 0 Å². The van der Waals surface area contributed by atoms with Crippen molar-refractivity contribution in [2.75, 3.05) is 18.9 Å². The van der Waals surface area contributed by atoms with E-state index in [-0.39, 0.29) is 11.9 Å². The van der Waals surface area contributed by atoms with Crippen molar-refractivity contribution in [3.05, 3.63) is 29.3 Å². The van der Waals surface area contributed by atoms with Crippen molar-refractivity contribution >= 4 is 11.6 Å². The van der Waals surface area contributed by atoms with E-state index in [0.29, 0.717) is 0 Å². The van der Waals surface area contributed by atoms with Crippen LogP contribution in [0.25, 0.3) is 0 Å². The maximum atomic E-state index is 12.7. The highest BCUT2D eigenvalue weighted by Gasteiger charge is 2.30. The molecule has 1 fully saturated rings. The second-order valence-electron chi connectivity index (χ2n) is 5.90. The van der Waals surface area contributed by atoms with Gasteiger partial charge in [0.2, 0.25) is 0 Å². The monoisotopic (exact) mass is 290 g/mol. The molecule has 21 heavy (non-hydrogen) atoms. The molecule has 0 radical (unpaired) electrons. The van der Waals surface area contributed by atoms with Crippen LogP contribution in [0.5, 0.6) is 0 Å². The molecule has 116 valence electrons. The van der Waals surface area contributed by atoms with E-state index < -0.39 is 6.10 Å². The fourth-order valence-corrected chi connectivity index (χ4v) is 3.10. The summed E-state index contributed by atoms with van der Waals surface area (Å²) in [5.74, 6) is 0.00139. The van der Waals surface area contributed by atoms with Crippen LogP contribution in [0.15, 0.2) is 18.2 Å². The average Bonchev–Trinajstić information content (AvgIpc) is 2.47. The maximum Gasteiger partial charge on any atom is 0.254 e. The van der Waals surface area contributed by atoms with Crippen LogP contribution in [0.4, 0.5) is 5.69 Å². The van der Waals surface area contributed by atoms with Crippen molar-refractivity contribution in [1.82, 2.24) is 4.90 Å². The lowest BCUT2D eigenvalue weighted by Crippen LogP contribution is -2.46. The number of aryl methyl sites for hydroxylation is 1. The molecule has 2 atom stereocenters. The number of nitrogens with one attached hydrogen (secondary N) is 1. The van der Waals surface area contributed by atoms with Crippen molar-refractivity contribution < 1.29 is 9.90 Å². The third-order valence-corrected chi connectivity index (χ3v) is 4.35. The first-order valence-corrected chi connectivity index (χ1v) is 7.84. The fraction of sp³-hybridized carbons (Fsp3) is 0.588. The fourth-order valence-electron chi connectivity index (χ4n) is 3.10. The average molecular weight is 290 g/mol. The minimum atomic E-state index is -0.394. The predicted molar refractivity (Wildman–Crippen MR) is 85.7 cm³/mol. The van der Waals surface area contributed by atoms with Crippen molar-refractivity contribution in [3.8, 4) is 0 Å². The number of benzene rings is 1. The van der Waals surface area contributed by atoms with Gasteiger partial charge in [-0.05, 0) is 50.5 Å². The normalized spacial score (nSPS) is 21.9. The van der Waals surface area contributed by atoms with E-state index in [4.69, 9.17) is 0 Å². The summed E-state index contributed by atoms with van der Waals surface area (Å²) < 4.78 is 0. The summed E-state index contributed by atoms with van der Waals surface area (Å²) in [6, 6.07) is 5.76. The third kappa shape index (κ3) is 3.56. The largest absolute Gasteiger partial charge is 0.391 e. The van der Waals surface area contributed by atoms with Gasteiger partial charge in [0.1, 0.15) is 0 Å². The Morgan fingerprint density at radius 2 is 2.10 bits per heavy atom.